The summed E-state index contributed by atoms with van der Waals surface area (Å²) in [6.45, 7) is 4.28. The summed E-state index contributed by atoms with van der Waals surface area (Å²) < 4.78 is 29.5. The quantitative estimate of drug-likeness (QED) is 0.405. The lowest BCUT2D eigenvalue weighted by Crippen LogP contribution is -1.95. The van der Waals surface area contributed by atoms with Crippen molar-refractivity contribution in [2.45, 2.75) is 46.0 Å². The summed E-state index contributed by atoms with van der Waals surface area (Å²) in [6.07, 6.45) is 5.34. The van der Waals surface area contributed by atoms with Crippen LogP contribution in [-0.2, 0) is 12.8 Å². The first-order valence-corrected chi connectivity index (χ1v) is 9.80. The van der Waals surface area contributed by atoms with Gasteiger partial charge in [-0.05, 0) is 41.5 Å². The minimum Gasteiger partial charge on any atom is -0.203 e. The van der Waals surface area contributed by atoms with Gasteiger partial charge in [0.25, 0.3) is 0 Å². The number of hydrogen-bond donors (Lipinski definition) is 0. The molecule has 3 rings (SSSR count). The predicted molar refractivity (Wildman–Crippen MR) is 110 cm³/mol. The Bertz CT molecular complexity index is 877. The van der Waals surface area contributed by atoms with Crippen molar-refractivity contribution >= 4 is 0 Å². The second-order valence-electron chi connectivity index (χ2n) is 7.04. The molecule has 3 aromatic carbocycles. The Balaban J connectivity index is 1.88. The highest BCUT2D eigenvalue weighted by molar-refractivity contribution is 5.72. The third-order valence-corrected chi connectivity index (χ3v) is 4.97. The van der Waals surface area contributed by atoms with Crippen LogP contribution in [-0.4, -0.2) is 0 Å². The van der Waals surface area contributed by atoms with Gasteiger partial charge in [0.05, 0.1) is 0 Å². The van der Waals surface area contributed by atoms with E-state index < -0.39 is 11.6 Å². The van der Waals surface area contributed by atoms with Crippen molar-refractivity contribution in [3.63, 3.8) is 0 Å². The number of rotatable bonds is 7. The fraction of sp³-hybridized carbons (Fsp3) is 0.280. The van der Waals surface area contributed by atoms with Crippen LogP contribution >= 0.6 is 0 Å². The molecule has 0 aromatic heterocycles. The number of benzene rings is 3. The van der Waals surface area contributed by atoms with Gasteiger partial charge in [-0.1, -0.05) is 87.4 Å². The van der Waals surface area contributed by atoms with Gasteiger partial charge >= 0.3 is 0 Å². The van der Waals surface area contributed by atoms with Crippen molar-refractivity contribution in [3.05, 3.63) is 83.4 Å². The summed E-state index contributed by atoms with van der Waals surface area (Å²) in [5.41, 5.74) is 4.45. The average Bonchev–Trinajstić information content (AvgIpc) is 2.70. The summed E-state index contributed by atoms with van der Waals surface area (Å²) in [4.78, 5) is 0. The van der Waals surface area contributed by atoms with Crippen molar-refractivity contribution in [1.82, 2.24) is 0 Å². The fourth-order valence-electron chi connectivity index (χ4n) is 3.37. The minimum atomic E-state index is -0.786. The highest BCUT2D eigenvalue weighted by atomic mass is 19.2. The van der Waals surface area contributed by atoms with Crippen molar-refractivity contribution in [3.8, 4) is 22.3 Å². The first-order valence-electron chi connectivity index (χ1n) is 9.80. The van der Waals surface area contributed by atoms with E-state index in [0.29, 0.717) is 22.3 Å². The van der Waals surface area contributed by atoms with Gasteiger partial charge in [-0.3, -0.25) is 0 Å². The predicted octanol–water partition coefficient (Wildman–Crippen LogP) is 7.59. The second-order valence-corrected chi connectivity index (χ2v) is 7.04. The monoisotopic (exact) mass is 364 g/mol. The summed E-state index contributed by atoms with van der Waals surface area (Å²) in [5, 5.41) is 0. The van der Waals surface area contributed by atoms with Crippen LogP contribution in [0.2, 0.25) is 0 Å². The molecule has 0 nitrogen and oxygen atoms in total. The van der Waals surface area contributed by atoms with Crippen LogP contribution < -0.4 is 0 Å². The largest absolute Gasteiger partial charge is 0.203 e. The first kappa shape index (κ1) is 19.3. The molecular formula is C25H26F2. The van der Waals surface area contributed by atoms with E-state index in [4.69, 9.17) is 0 Å². The highest BCUT2D eigenvalue weighted by Crippen LogP contribution is 2.32. The fourth-order valence-corrected chi connectivity index (χ4v) is 3.37. The maximum atomic E-state index is 14.8. The van der Waals surface area contributed by atoms with Gasteiger partial charge in [0.15, 0.2) is 11.6 Å². The highest BCUT2D eigenvalue weighted by Gasteiger charge is 2.16. The van der Waals surface area contributed by atoms with Gasteiger partial charge < -0.3 is 0 Å². The summed E-state index contributed by atoms with van der Waals surface area (Å²) >= 11 is 0. The molecule has 0 spiro atoms. The molecule has 0 atom stereocenters. The number of aryl methyl sites for hydroxylation is 2. The van der Waals surface area contributed by atoms with Gasteiger partial charge in [-0.2, -0.15) is 0 Å². The zero-order chi connectivity index (χ0) is 19.2. The zero-order valence-electron chi connectivity index (χ0n) is 16.1. The molecule has 0 saturated carbocycles. The molecule has 0 N–H and O–H groups in total. The van der Waals surface area contributed by atoms with Crippen LogP contribution in [0.1, 0.15) is 44.2 Å². The Kier molecular flexibility index (Phi) is 6.39. The second kappa shape index (κ2) is 8.94. The van der Waals surface area contributed by atoms with E-state index in [9.17, 15) is 8.78 Å². The molecule has 0 radical (unpaired) electrons. The molecule has 0 saturated heterocycles. The molecule has 0 fully saturated rings. The lowest BCUT2D eigenvalue weighted by atomic mass is 9.96. The van der Waals surface area contributed by atoms with Crippen LogP contribution in [0.5, 0.6) is 0 Å². The molecule has 0 aliphatic carbocycles. The molecule has 0 aliphatic rings. The van der Waals surface area contributed by atoms with E-state index in [1.54, 1.807) is 12.1 Å². The average molecular weight is 364 g/mol. The molecule has 27 heavy (non-hydrogen) atoms. The van der Waals surface area contributed by atoms with Crippen molar-refractivity contribution in [2.75, 3.05) is 0 Å². The SMILES string of the molecule is CCCCc1ccc(-c2ccc(-c3ccc(CCC)cc3)c(F)c2F)cc1. The lowest BCUT2D eigenvalue weighted by Gasteiger charge is -2.10. The third-order valence-electron chi connectivity index (χ3n) is 4.97. The number of unbranched alkanes of at least 4 members (excludes halogenated alkanes) is 1. The molecule has 0 bridgehead atoms. The van der Waals surface area contributed by atoms with Gasteiger partial charge in [0.2, 0.25) is 0 Å². The molecule has 0 heterocycles. The Labute approximate surface area is 160 Å². The van der Waals surface area contributed by atoms with Gasteiger partial charge in [-0.25, -0.2) is 8.78 Å². The van der Waals surface area contributed by atoms with E-state index in [1.807, 2.05) is 48.5 Å². The smallest absolute Gasteiger partial charge is 0.167 e. The topological polar surface area (TPSA) is 0 Å². The Morgan fingerprint density at radius 1 is 0.556 bits per heavy atom. The van der Waals surface area contributed by atoms with Crippen molar-refractivity contribution in [2.24, 2.45) is 0 Å². The lowest BCUT2D eigenvalue weighted by molar-refractivity contribution is 0.514. The van der Waals surface area contributed by atoms with E-state index >= 15 is 0 Å². The van der Waals surface area contributed by atoms with E-state index in [-0.39, 0.29) is 0 Å². The van der Waals surface area contributed by atoms with Gasteiger partial charge in [0, 0.05) is 11.1 Å². The van der Waals surface area contributed by atoms with Crippen molar-refractivity contribution in [1.29, 1.82) is 0 Å². The zero-order valence-corrected chi connectivity index (χ0v) is 16.1. The molecule has 3 aromatic rings. The van der Waals surface area contributed by atoms with Crippen LogP contribution in [0, 0.1) is 11.6 Å². The van der Waals surface area contributed by atoms with Crippen LogP contribution in [0.3, 0.4) is 0 Å². The molecule has 140 valence electrons. The molecular weight excluding hydrogens is 338 g/mol. The molecule has 0 unspecified atom stereocenters. The Morgan fingerprint density at radius 3 is 1.41 bits per heavy atom. The van der Waals surface area contributed by atoms with E-state index in [0.717, 1.165) is 32.1 Å². The van der Waals surface area contributed by atoms with Crippen LogP contribution in [0.15, 0.2) is 60.7 Å². The maximum absolute atomic E-state index is 14.8. The summed E-state index contributed by atoms with van der Waals surface area (Å²) in [6, 6.07) is 18.8. The summed E-state index contributed by atoms with van der Waals surface area (Å²) in [7, 11) is 0. The van der Waals surface area contributed by atoms with Gasteiger partial charge in [0.1, 0.15) is 0 Å². The molecule has 0 amide bonds. The maximum Gasteiger partial charge on any atom is 0.167 e. The van der Waals surface area contributed by atoms with Gasteiger partial charge in [-0.15, -0.1) is 0 Å². The number of halogens is 2. The standard InChI is InChI=1S/C25H26F2/c1-3-5-7-19-10-14-21(15-11-19)23-17-16-22(24(26)25(23)27)20-12-8-18(6-4-2)9-13-20/h8-17H,3-7H2,1-2H3. The van der Waals surface area contributed by atoms with Crippen LogP contribution in [0.4, 0.5) is 8.78 Å². The Hall–Kier alpha value is -2.48. The van der Waals surface area contributed by atoms with E-state index in [1.165, 1.54) is 11.1 Å². The van der Waals surface area contributed by atoms with E-state index in [2.05, 4.69) is 13.8 Å². The molecule has 2 heteroatoms. The first-order chi connectivity index (χ1) is 13.1. The summed E-state index contributed by atoms with van der Waals surface area (Å²) in [5.74, 6) is -1.57. The molecule has 0 aliphatic heterocycles. The Morgan fingerprint density at radius 2 is 1.00 bits per heavy atom. The normalized spacial score (nSPS) is 11.0. The van der Waals surface area contributed by atoms with Crippen molar-refractivity contribution < 1.29 is 8.78 Å². The van der Waals surface area contributed by atoms with Crippen LogP contribution in [0.25, 0.3) is 22.3 Å². The number of hydrogen-bond acceptors (Lipinski definition) is 0. The minimum absolute atomic E-state index is 0.305. The third kappa shape index (κ3) is 4.44.